The van der Waals surface area contributed by atoms with Crippen molar-refractivity contribution in [1.29, 1.82) is 0 Å². The Labute approximate surface area is 140 Å². The number of hydrogen-bond donors (Lipinski definition) is 0. The van der Waals surface area contributed by atoms with Gasteiger partial charge in [-0.3, -0.25) is 4.90 Å². The number of nitrogens with zero attached hydrogens (tertiary/aromatic N) is 4. The minimum absolute atomic E-state index is 0.472. The summed E-state index contributed by atoms with van der Waals surface area (Å²) in [6.45, 7) is 4.76. The quantitative estimate of drug-likeness (QED) is 0.729. The van der Waals surface area contributed by atoms with Crippen molar-refractivity contribution in [1.82, 2.24) is 20.3 Å². The number of piperidine rings is 1. The number of likely N-dealkylation sites (tertiary alicyclic amines) is 1. The summed E-state index contributed by atoms with van der Waals surface area (Å²) in [5.41, 5.74) is 2.49. The first-order valence-electron chi connectivity index (χ1n) is 8.38. The molecule has 6 nitrogen and oxygen atoms in total. The first-order valence-corrected chi connectivity index (χ1v) is 8.38. The van der Waals surface area contributed by atoms with Crippen molar-refractivity contribution in [2.75, 3.05) is 13.1 Å². The highest BCUT2D eigenvalue weighted by Crippen LogP contribution is 2.33. The van der Waals surface area contributed by atoms with Crippen LogP contribution in [0.5, 0.6) is 0 Å². The van der Waals surface area contributed by atoms with Crippen molar-refractivity contribution < 1.29 is 8.94 Å². The molecule has 6 heteroatoms. The maximum absolute atomic E-state index is 5.91. The van der Waals surface area contributed by atoms with E-state index in [0.29, 0.717) is 24.1 Å². The maximum atomic E-state index is 5.91. The summed E-state index contributed by atoms with van der Waals surface area (Å²) in [5, 5.41) is 12.6. The fourth-order valence-corrected chi connectivity index (χ4v) is 3.14. The fourth-order valence-electron chi connectivity index (χ4n) is 3.14. The van der Waals surface area contributed by atoms with Gasteiger partial charge >= 0.3 is 0 Å². The minimum Gasteiger partial charge on any atom is -0.419 e. The average Bonchev–Trinajstić information content (AvgIpc) is 3.23. The monoisotopic (exact) mass is 324 g/mol. The number of benzene rings is 1. The molecule has 0 atom stereocenters. The van der Waals surface area contributed by atoms with E-state index < -0.39 is 0 Å². The van der Waals surface area contributed by atoms with Crippen molar-refractivity contribution in [3.63, 3.8) is 0 Å². The minimum atomic E-state index is 0.472. The van der Waals surface area contributed by atoms with Gasteiger partial charge < -0.3 is 8.94 Å². The van der Waals surface area contributed by atoms with Gasteiger partial charge in [0.2, 0.25) is 5.89 Å². The molecule has 124 valence electrons. The second-order valence-electron chi connectivity index (χ2n) is 6.17. The van der Waals surface area contributed by atoms with Gasteiger partial charge in [0.25, 0.3) is 5.89 Å². The van der Waals surface area contributed by atoms with Gasteiger partial charge in [-0.2, -0.15) is 0 Å². The van der Waals surface area contributed by atoms with Crippen molar-refractivity contribution in [2.45, 2.75) is 32.7 Å². The first-order chi connectivity index (χ1) is 11.8. The molecule has 0 saturated carbocycles. The third-order valence-electron chi connectivity index (χ3n) is 4.40. The van der Waals surface area contributed by atoms with Gasteiger partial charge in [-0.25, -0.2) is 0 Å². The standard InChI is InChI=1S/C18H20N4O2/c1-13-16(17(21-24-13)14-8-4-2-5-9-14)18-20-19-15(23-18)12-22-10-6-3-7-11-22/h2,4-5,8-9H,3,6-7,10-12H2,1H3. The van der Waals surface area contributed by atoms with Crippen LogP contribution in [0.15, 0.2) is 39.3 Å². The molecule has 1 saturated heterocycles. The summed E-state index contributed by atoms with van der Waals surface area (Å²) in [4.78, 5) is 2.36. The van der Waals surface area contributed by atoms with Crippen LogP contribution < -0.4 is 0 Å². The highest BCUT2D eigenvalue weighted by atomic mass is 16.5. The van der Waals surface area contributed by atoms with E-state index in [9.17, 15) is 0 Å². The molecule has 1 aromatic carbocycles. The zero-order valence-corrected chi connectivity index (χ0v) is 13.7. The largest absolute Gasteiger partial charge is 0.419 e. The number of aromatic nitrogens is 3. The van der Waals surface area contributed by atoms with Crippen LogP contribution in [0.2, 0.25) is 0 Å². The van der Waals surface area contributed by atoms with Gasteiger partial charge in [0, 0.05) is 5.56 Å². The summed E-state index contributed by atoms with van der Waals surface area (Å²) < 4.78 is 11.3. The zero-order chi connectivity index (χ0) is 16.4. The van der Waals surface area contributed by atoms with Gasteiger partial charge in [0.1, 0.15) is 17.0 Å². The van der Waals surface area contributed by atoms with E-state index in [2.05, 4.69) is 20.3 Å². The molecule has 0 radical (unpaired) electrons. The van der Waals surface area contributed by atoms with Gasteiger partial charge in [0.15, 0.2) is 0 Å². The molecule has 1 aliphatic rings. The molecule has 4 rings (SSSR count). The summed E-state index contributed by atoms with van der Waals surface area (Å²) in [6.07, 6.45) is 3.79. The number of aryl methyl sites for hydroxylation is 1. The molecule has 0 unspecified atom stereocenters. The van der Waals surface area contributed by atoms with E-state index in [4.69, 9.17) is 8.94 Å². The lowest BCUT2D eigenvalue weighted by molar-refractivity contribution is 0.202. The topological polar surface area (TPSA) is 68.2 Å². The Balaban J connectivity index is 1.62. The van der Waals surface area contributed by atoms with E-state index in [0.717, 1.165) is 29.9 Å². The van der Waals surface area contributed by atoms with Crippen LogP contribution in [-0.4, -0.2) is 33.3 Å². The molecular formula is C18H20N4O2. The van der Waals surface area contributed by atoms with E-state index in [1.54, 1.807) is 0 Å². The first kappa shape index (κ1) is 15.1. The second kappa shape index (κ2) is 6.57. The zero-order valence-electron chi connectivity index (χ0n) is 13.7. The predicted molar refractivity (Wildman–Crippen MR) is 89.1 cm³/mol. The Morgan fingerprint density at radius 1 is 1.04 bits per heavy atom. The molecule has 0 aliphatic carbocycles. The summed E-state index contributed by atoms with van der Waals surface area (Å²) in [5.74, 6) is 1.80. The lowest BCUT2D eigenvalue weighted by Gasteiger charge is -2.24. The van der Waals surface area contributed by atoms with Crippen LogP contribution in [0.25, 0.3) is 22.7 Å². The van der Waals surface area contributed by atoms with Crippen molar-refractivity contribution >= 4 is 0 Å². The molecule has 2 aromatic heterocycles. The Kier molecular flexibility index (Phi) is 4.13. The maximum Gasteiger partial charge on any atom is 0.253 e. The Morgan fingerprint density at radius 3 is 2.62 bits per heavy atom. The van der Waals surface area contributed by atoms with Gasteiger partial charge in [-0.1, -0.05) is 41.9 Å². The highest BCUT2D eigenvalue weighted by molar-refractivity contribution is 5.77. The molecule has 1 fully saturated rings. The normalized spacial score (nSPS) is 15.7. The van der Waals surface area contributed by atoms with Gasteiger partial charge in [0.05, 0.1) is 6.54 Å². The molecule has 0 spiro atoms. The predicted octanol–water partition coefficient (Wildman–Crippen LogP) is 3.69. The molecule has 0 bridgehead atoms. The van der Waals surface area contributed by atoms with Crippen LogP contribution in [0.4, 0.5) is 0 Å². The molecule has 24 heavy (non-hydrogen) atoms. The molecular weight excluding hydrogens is 304 g/mol. The van der Waals surface area contributed by atoms with Crippen LogP contribution in [-0.2, 0) is 6.54 Å². The van der Waals surface area contributed by atoms with E-state index in [1.807, 2.05) is 37.3 Å². The summed E-state index contributed by atoms with van der Waals surface area (Å²) in [7, 11) is 0. The third kappa shape index (κ3) is 2.97. The number of hydrogen-bond acceptors (Lipinski definition) is 6. The number of rotatable bonds is 4. The summed E-state index contributed by atoms with van der Waals surface area (Å²) in [6, 6.07) is 9.90. The van der Waals surface area contributed by atoms with Crippen LogP contribution in [0.3, 0.4) is 0 Å². The van der Waals surface area contributed by atoms with Crippen molar-refractivity contribution in [3.05, 3.63) is 42.0 Å². The molecule has 0 N–H and O–H groups in total. The van der Waals surface area contributed by atoms with Gasteiger partial charge in [-0.15, -0.1) is 10.2 Å². The van der Waals surface area contributed by atoms with Crippen molar-refractivity contribution in [3.8, 4) is 22.7 Å². The SMILES string of the molecule is Cc1onc(-c2ccccc2)c1-c1nnc(CN2CCCCC2)o1. The Hall–Kier alpha value is -2.47. The lowest BCUT2D eigenvalue weighted by Crippen LogP contribution is -2.29. The molecule has 1 aliphatic heterocycles. The molecule has 0 amide bonds. The smallest absolute Gasteiger partial charge is 0.253 e. The Morgan fingerprint density at radius 2 is 1.83 bits per heavy atom. The van der Waals surface area contributed by atoms with Crippen LogP contribution in [0.1, 0.15) is 30.9 Å². The van der Waals surface area contributed by atoms with Crippen LogP contribution >= 0.6 is 0 Å². The second-order valence-corrected chi connectivity index (χ2v) is 6.17. The van der Waals surface area contributed by atoms with Gasteiger partial charge in [-0.05, 0) is 32.9 Å². The average molecular weight is 324 g/mol. The third-order valence-corrected chi connectivity index (χ3v) is 4.40. The Bertz CT molecular complexity index is 804. The lowest BCUT2D eigenvalue weighted by atomic mass is 10.1. The van der Waals surface area contributed by atoms with E-state index in [1.165, 1.54) is 19.3 Å². The fraction of sp³-hybridized carbons (Fsp3) is 0.389. The molecule has 3 heterocycles. The van der Waals surface area contributed by atoms with Crippen LogP contribution in [0, 0.1) is 6.92 Å². The van der Waals surface area contributed by atoms with E-state index in [-0.39, 0.29) is 0 Å². The summed E-state index contributed by atoms with van der Waals surface area (Å²) >= 11 is 0. The highest BCUT2D eigenvalue weighted by Gasteiger charge is 2.22. The molecule has 3 aromatic rings. The van der Waals surface area contributed by atoms with Crippen molar-refractivity contribution in [2.24, 2.45) is 0 Å². The van der Waals surface area contributed by atoms with E-state index >= 15 is 0 Å².